The third-order valence-corrected chi connectivity index (χ3v) is 4.68. The van der Waals surface area contributed by atoms with Crippen molar-refractivity contribution in [1.82, 2.24) is 25.2 Å². The summed E-state index contributed by atoms with van der Waals surface area (Å²) in [6, 6.07) is 7.84. The van der Waals surface area contributed by atoms with Crippen LogP contribution >= 0.6 is 11.6 Å². The van der Waals surface area contributed by atoms with Crippen molar-refractivity contribution < 1.29 is 4.79 Å². The number of carbonyl (C=O) groups excluding carboxylic acids is 1. The molecular formula is C17H22ClN5O. The van der Waals surface area contributed by atoms with Crippen LogP contribution in [0, 0.1) is 6.92 Å². The average Bonchev–Trinajstić information content (AvgIpc) is 2.96. The lowest BCUT2D eigenvalue weighted by Crippen LogP contribution is -2.30. The quantitative estimate of drug-likeness (QED) is 0.922. The van der Waals surface area contributed by atoms with Crippen molar-refractivity contribution in [3.63, 3.8) is 0 Å². The maximum absolute atomic E-state index is 12.7. The number of carbonyl (C=O) groups is 1. The summed E-state index contributed by atoms with van der Waals surface area (Å²) in [6.45, 7) is 4.35. The molecular weight excluding hydrogens is 326 g/mol. The zero-order valence-electron chi connectivity index (χ0n) is 14.0. The zero-order valence-corrected chi connectivity index (χ0v) is 14.8. The van der Waals surface area contributed by atoms with E-state index in [1.807, 2.05) is 35.9 Å². The molecule has 2 aromatic rings. The summed E-state index contributed by atoms with van der Waals surface area (Å²) < 4.78 is 1.90. The number of benzene rings is 1. The van der Waals surface area contributed by atoms with Crippen LogP contribution in [0.4, 0.5) is 0 Å². The van der Waals surface area contributed by atoms with Crippen molar-refractivity contribution in [2.24, 2.45) is 0 Å². The van der Waals surface area contributed by atoms with Crippen molar-refractivity contribution in [1.29, 1.82) is 0 Å². The fourth-order valence-corrected chi connectivity index (χ4v) is 3.31. The van der Waals surface area contributed by atoms with Gasteiger partial charge in [-0.15, -0.1) is 5.10 Å². The molecule has 3 rings (SSSR count). The third kappa shape index (κ3) is 3.60. The SMILES string of the molecule is Cc1c(C(=O)N(C)Cc2cccc(Cl)c2)nnn1C1CCNCC1. The molecule has 0 atom stereocenters. The Kier molecular flexibility index (Phi) is 5.16. The predicted molar refractivity (Wildman–Crippen MR) is 93.1 cm³/mol. The molecule has 24 heavy (non-hydrogen) atoms. The lowest BCUT2D eigenvalue weighted by Gasteiger charge is -2.23. The van der Waals surface area contributed by atoms with Crippen LogP contribution in [0.2, 0.25) is 5.02 Å². The average molecular weight is 348 g/mol. The van der Waals surface area contributed by atoms with Gasteiger partial charge in [0.1, 0.15) is 0 Å². The Hall–Kier alpha value is -1.92. The first kappa shape index (κ1) is 16.9. The molecule has 7 heteroatoms. The van der Waals surface area contributed by atoms with Crippen LogP contribution in [-0.4, -0.2) is 45.9 Å². The van der Waals surface area contributed by atoms with Crippen LogP contribution in [0.15, 0.2) is 24.3 Å². The van der Waals surface area contributed by atoms with Gasteiger partial charge in [-0.3, -0.25) is 4.79 Å². The molecule has 0 saturated carbocycles. The summed E-state index contributed by atoms with van der Waals surface area (Å²) in [5.74, 6) is -0.118. The molecule has 1 aromatic carbocycles. The van der Waals surface area contributed by atoms with Gasteiger partial charge in [0, 0.05) is 18.6 Å². The second kappa shape index (κ2) is 7.32. The number of hydrogen-bond donors (Lipinski definition) is 1. The molecule has 1 saturated heterocycles. The van der Waals surface area contributed by atoms with Crippen molar-refractivity contribution in [3.05, 3.63) is 46.2 Å². The molecule has 0 spiro atoms. The van der Waals surface area contributed by atoms with E-state index in [-0.39, 0.29) is 5.91 Å². The molecule has 0 bridgehead atoms. The van der Waals surface area contributed by atoms with E-state index in [0.717, 1.165) is 37.2 Å². The summed E-state index contributed by atoms with van der Waals surface area (Å²) in [5, 5.41) is 12.4. The highest BCUT2D eigenvalue weighted by atomic mass is 35.5. The molecule has 128 valence electrons. The molecule has 0 aliphatic carbocycles. The van der Waals surface area contributed by atoms with Gasteiger partial charge < -0.3 is 10.2 Å². The number of rotatable bonds is 4. The van der Waals surface area contributed by atoms with E-state index in [9.17, 15) is 4.79 Å². The van der Waals surface area contributed by atoms with E-state index >= 15 is 0 Å². The molecule has 1 aromatic heterocycles. The van der Waals surface area contributed by atoms with Crippen LogP contribution in [0.25, 0.3) is 0 Å². The van der Waals surface area contributed by atoms with E-state index in [0.29, 0.717) is 23.3 Å². The largest absolute Gasteiger partial charge is 0.336 e. The van der Waals surface area contributed by atoms with Gasteiger partial charge in [0.05, 0.1) is 11.7 Å². The van der Waals surface area contributed by atoms with Gasteiger partial charge in [-0.05, 0) is 50.6 Å². The lowest BCUT2D eigenvalue weighted by atomic mass is 10.1. The van der Waals surface area contributed by atoms with Gasteiger partial charge in [-0.1, -0.05) is 28.9 Å². The Bertz CT molecular complexity index is 724. The minimum Gasteiger partial charge on any atom is -0.336 e. The molecule has 1 amide bonds. The fraction of sp³-hybridized carbons (Fsp3) is 0.471. The topological polar surface area (TPSA) is 63.1 Å². The Morgan fingerprint density at radius 2 is 2.17 bits per heavy atom. The van der Waals surface area contributed by atoms with Crippen LogP contribution in [0.3, 0.4) is 0 Å². The number of amides is 1. The molecule has 0 unspecified atom stereocenters. The zero-order chi connectivity index (χ0) is 17.1. The van der Waals surface area contributed by atoms with Crippen LogP contribution in [0.1, 0.15) is 40.6 Å². The standard InChI is InChI=1S/C17H22ClN5O/c1-12-16(20-21-23(12)15-6-8-19-9-7-15)17(24)22(2)11-13-4-3-5-14(18)10-13/h3-5,10,15,19H,6-9,11H2,1-2H3. The smallest absolute Gasteiger partial charge is 0.276 e. The number of hydrogen-bond acceptors (Lipinski definition) is 4. The maximum Gasteiger partial charge on any atom is 0.276 e. The summed E-state index contributed by atoms with van der Waals surface area (Å²) in [5.41, 5.74) is 2.25. The van der Waals surface area contributed by atoms with Gasteiger partial charge in [-0.25, -0.2) is 4.68 Å². The third-order valence-electron chi connectivity index (χ3n) is 4.44. The highest BCUT2D eigenvalue weighted by Gasteiger charge is 2.24. The van der Waals surface area contributed by atoms with Gasteiger partial charge in [0.2, 0.25) is 0 Å². The summed E-state index contributed by atoms with van der Waals surface area (Å²) in [4.78, 5) is 14.4. The number of halogens is 1. The summed E-state index contributed by atoms with van der Waals surface area (Å²) in [6.07, 6.45) is 2.02. The lowest BCUT2D eigenvalue weighted by molar-refractivity contribution is 0.0778. The minimum atomic E-state index is -0.118. The molecule has 2 heterocycles. The number of nitrogens with one attached hydrogen (secondary N) is 1. The van der Waals surface area contributed by atoms with E-state index in [4.69, 9.17) is 11.6 Å². The Morgan fingerprint density at radius 3 is 2.88 bits per heavy atom. The van der Waals surface area contributed by atoms with Crippen LogP contribution < -0.4 is 5.32 Å². The fourth-order valence-electron chi connectivity index (χ4n) is 3.10. The number of aromatic nitrogens is 3. The predicted octanol–water partition coefficient (Wildman–Crippen LogP) is 2.44. The first-order valence-corrected chi connectivity index (χ1v) is 8.56. The van der Waals surface area contributed by atoms with Crippen molar-refractivity contribution >= 4 is 17.5 Å². The molecule has 0 radical (unpaired) electrons. The second-order valence-corrected chi connectivity index (χ2v) is 6.68. The molecule has 1 fully saturated rings. The van der Waals surface area contributed by atoms with E-state index < -0.39 is 0 Å². The highest BCUT2D eigenvalue weighted by molar-refractivity contribution is 6.30. The summed E-state index contributed by atoms with van der Waals surface area (Å²) >= 11 is 6.01. The highest BCUT2D eigenvalue weighted by Crippen LogP contribution is 2.21. The molecule has 6 nitrogen and oxygen atoms in total. The minimum absolute atomic E-state index is 0.118. The Balaban J connectivity index is 1.73. The molecule has 1 aliphatic heterocycles. The normalized spacial score (nSPS) is 15.5. The first-order chi connectivity index (χ1) is 11.6. The van der Waals surface area contributed by atoms with Crippen LogP contribution in [0.5, 0.6) is 0 Å². The summed E-state index contributed by atoms with van der Waals surface area (Å²) in [7, 11) is 1.77. The maximum atomic E-state index is 12.7. The Labute approximate surface area is 146 Å². The van der Waals surface area contributed by atoms with Crippen LogP contribution in [-0.2, 0) is 6.54 Å². The van der Waals surface area contributed by atoms with Gasteiger partial charge in [-0.2, -0.15) is 0 Å². The number of nitrogens with zero attached hydrogens (tertiary/aromatic N) is 4. The monoisotopic (exact) mass is 347 g/mol. The van der Waals surface area contributed by atoms with Crippen molar-refractivity contribution in [3.8, 4) is 0 Å². The first-order valence-electron chi connectivity index (χ1n) is 8.18. The number of piperidine rings is 1. The van der Waals surface area contributed by atoms with Gasteiger partial charge in [0.25, 0.3) is 5.91 Å². The van der Waals surface area contributed by atoms with Gasteiger partial charge in [0.15, 0.2) is 5.69 Å². The second-order valence-electron chi connectivity index (χ2n) is 6.24. The molecule has 1 N–H and O–H groups in total. The van der Waals surface area contributed by atoms with Crippen molar-refractivity contribution in [2.75, 3.05) is 20.1 Å². The Morgan fingerprint density at radius 1 is 1.42 bits per heavy atom. The van der Waals surface area contributed by atoms with E-state index in [1.165, 1.54) is 0 Å². The van der Waals surface area contributed by atoms with Crippen molar-refractivity contribution in [2.45, 2.75) is 32.4 Å². The van der Waals surface area contributed by atoms with E-state index in [2.05, 4.69) is 15.6 Å². The van der Waals surface area contributed by atoms with Gasteiger partial charge >= 0.3 is 0 Å². The molecule has 1 aliphatic rings. The van der Waals surface area contributed by atoms with E-state index in [1.54, 1.807) is 11.9 Å².